The molecule has 1 aliphatic rings. The highest BCUT2D eigenvalue weighted by Gasteiger charge is 2.18. The molecule has 0 saturated carbocycles. The number of ether oxygens (including phenoxy) is 1. The van der Waals surface area contributed by atoms with E-state index >= 15 is 0 Å². The number of anilines is 2. The zero-order chi connectivity index (χ0) is 21.1. The summed E-state index contributed by atoms with van der Waals surface area (Å²) in [5.41, 5.74) is 0.0893. The van der Waals surface area contributed by atoms with Gasteiger partial charge in [-0.3, -0.25) is 9.59 Å². The number of amides is 1. The zero-order valence-corrected chi connectivity index (χ0v) is 16.8. The minimum atomic E-state index is -0.516. The molecule has 2 aromatic heterocycles. The van der Waals surface area contributed by atoms with Gasteiger partial charge in [0.1, 0.15) is 5.58 Å². The molecule has 1 amide bonds. The molecule has 0 spiro atoms. The second-order valence-corrected chi connectivity index (χ2v) is 7.00. The van der Waals surface area contributed by atoms with Gasteiger partial charge in [0.05, 0.1) is 25.1 Å². The van der Waals surface area contributed by atoms with Gasteiger partial charge in [-0.25, -0.2) is 0 Å². The van der Waals surface area contributed by atoms with Crippen LogP contribution in [0.1, 0.15) is 16.4 Å². The standard InChI is InChI=1S/C20H22N6O4/c1-25(2)19-22-17(23-20(24-19)26-7-9-29-10-8-26)12-21-18(28)16-11-14(27)13-5-3-4-6-15(13)30-16/h3-6,11H,7-10,12H2,1-2H3,(H,21,28). The molecular formula is C20H22N6O4. The van der Waals surface area contributed by atoms with Crippen molar-refractivity contribution in [3.05, 3.63) is 52.1 Å². The molecule has 1 fully saturated rings. The fourth-order valence-corrected chi connectivity index (χ4v) is 3.04. The number of hydrogen-bond acceptors (Lipinski definition) is 9. The molecule has 0 atom stereocenters. The smallest absolute Gasteiger partial charge is 0.287 e. The SMILES string of the molecule is CN(C)c1nc(CNC(=O)c2cc(=O)c3ccccc3o2)nc(N2CCOCC2)n1. The number of para-hydroxylation sites is 1. The number of carbonyl (C=O) groups excluding carboxylic acids is 1. The first-order valence-electron chi connectivity index (χ1n) is 9.57. The number of nitrogens with one attached hydrogen (secondary N) is 1. The molecule has 1 saturated heterocycles. The number of aromatic nitrogens is 3. The highest BCUT2D eigenvalue weighted by atomic mass is 16.5. The first-order chi connectivity index (χ1) is 14.5. The Morgan fingerprint density at radius 3 is 2.70 bits per heavy atom. The summed E-state index contributed by atoms with van der Waals surface area (Å²) in [5.74, 6) is 0.865. The van der Waals surface area contributed by atoms with Crippen molar-refractivity contribution in [2.75, 3.05) is 50.2 Å². The molecule has 3 heterocycles. The van der Waals surface area contributed by atoms with Crippen molar-refractivity contribution in [3.8, 4) is 0 Å². The first kappa shape index (κ1) is 19.8. The highest BCUT2D eigenvalue weighted by molar-refractivity contribution is 5.93. The molecule has 0 bridgehead atoms. The third kappa shape index (κ3) is 4.23. The van der Waals surface area contributed by atoms with Gasteiger partial charge in [-0.1, -0.05) is 12.1 Å². The van der Waals surface area contributed by atoms with Gasteiger partial charge in [0, 0.05) is 33.3 Å². The number of carbonyl (C=O) groups is 1. The number of nitrogens with zero attached hydrogens (tertiary/aromatic N) is 5. The molecule has 4 rings (SSSR count). The molecule has 0 aliphatic carbocycles. The zero-order valence-electron chi connectivity index (χ0n) is 16.8. The van der Waals surface area contributed by atoms with Crippen LogP contribution < -0.4 is 20.5 Å². The summed E-state index contributed by atoms with van der Waals surface area (Å²) in [5, 5.41) is 3.15. The summed E-state index contributed by atoms with van der Waals surface area (Å²) >= 11 is 0. The third-order valence-electron chi connectivity index (χ3n) is 4.62. The van der Waals surface area contributed by atoms with Gasteiger partial charge in [0.25, 0.3) is 5.91 Å². The van der Waals surface area contributed by atoms with E-state index < -0.39 is 5.91 Å². The van der Waals surface area contributed by atoms with Crippen molar-refractivity contribution in [1.82, 2.24) is 20.3 Å². The molecule has 1 aliphatic heterocycles. The predicted molar refractivity (Wildman–Crippen MR) is 111 cm³/mol. The monoisotopic (exact) mass is 410 g/mol. The lowest BCUT2D eigenvalue weighted by Crippen LogP contribution is -2.38. The van der Waals surface area contributed by atoms with Gasteiger partial charge in [0.2, 0.25) is 11.9 Å². The van der Waals surface area contributed by atoms with Crippen LogP contribution >= 0.6 is 0 Å². The fraction of sp³-hybridized carbons (Fsp3) is 0.350. The molecule has 0 radical (unpaired) electrons. The van der Waals surface area contributed by atoms with E-state index in [-0.39, 0.29) is 17.7 Å². The van der Waals surface area contributed by atoms with E-state index in [1.807, 2.05) is 19.0 Å². The van der Waals surface area contributed by atoms with E-state index in [1.54, 1.807) is 29.2 Å². The Morgan fingerprint density at radius 1 is 1.17 bits per heavy atom. The minimum absolute atomic E-state index is 0.0611. The maximum Gasteiger partial charge on any atom is 0.287 e. The number of hydrogen-bond donors (Lipinski definition) is 1. The van der Waals surface area contributed by atoms with Crippen molar-refractivity contribution in [3.63, 3.8) is 0 Å². The van der Waals surface area contributed by atoms with Crippen LogP contribution in [0.2, 0.25) is 0 Å². The molecule has 1 aromatic carbocycles. The lowest BCUT2D eigenvalue weighted by molar-refractivity contribution is 0.0922. The Labute approximate surface area is 172 Å². The predicted octanol–water partition coefficient (Wildman–Crippen LogP) is 0.811. The average Bonchev–Trinajstić information content (AvgIpc) is 2.77. The Balaban J connectivity index is 1.54. The number of benzene rings is 1. The van der Waals surface area contributed by atoms with Crippen LogP contribution in [-0.4, -0.2) is 61.3 Å². The van der Waals surface area contributed by atoms with Gasteiger partial charge >= 0.3 is 0 Å². The highest BCUT2D eigenvalue weighted by Crippen LogP contribution is 2.15. The van der Waals surface area contributed by atoms with E-state index in [9.17, 15) is 9.59 Å². The molecule has 3 aromatic rings. The quantitative estimate of drug-likeness (QED) is 0.653. The molecular weight excluding hydrogens is 388 g/mol. The fourth-order valence-electron chi connectivity index (χ4n) is 3.04. The lowest BCUT2D eigenvalue weighted by atomic mass is 10.2. The second kappa shape index (κ2) is 8.46. The van der Waals surface area contributed by atoms with Gasteiger partial charge in [-0.05, 0) is 12.1 Å². The molecule has 10 heteroatoms. The van der Waals surface area contributed by atoms with E-state index in [0.29, 0.717) is 55.0 Å². The minimum Gasteiger partial charge on any atom is -0.451 e. The molecule has 1 N–H and O–H groups in total. The third-order valence-corrected chi connectivity index (χ3v) is 4.62. The van der Waals surface area contributed by atoms with Gasteiger partial charge in [-0.15, -0.1) is 0 Å². The van der Waals surface area contributed by atoms with Gasteiger partial charge < -0.3 is 24.3 Å². The summed E-state index contributed by atoms with van der Waals surface area (Å²) in [6.07, 6.45) is 0. The van der Waals surface area contributed by atoms with Crippen molar-refractivity contribution in [1.29, 1.82) is 0 Å². The van der Waals surface area contributed by atoms with Crippen molar-refractivity contribution in [2.24, 2.45) is 0 Å². The summed E-state index contributed by atoms with van der Waals surface area (Å²) in [6.45, 7) is 2.65. The number of rotatable bonds is 5. The average molecular weight is 410 g/mol. The van der Waals surface area contributed by atoms with Crippen LogP contribution in [0.3, 0.4) is 0 Å². The summed E-state index contributed by atoms with van der Waals surface area (Å²) in [7, 11) is 3.68. The summed E-state index contributed by atoms with van der Waals surface area (Å²) in [4.78, 5) is 42.0. The Bertz CT molecular complexity index is 1120. The summed E-state index contributed by atoms with van der Waals surface area (Å²) in [6, 6.07) is 7.98. The summed E-state index contributed by atoms with van der Waals surface area (Å²) < 4.78 is 11.0. The van der Waals surface area contributed by atoms with Gasteiger partial charge in [-0.2, -0.15) is 15.0 Å². The Kier molecular flexibility index (Phi) is 5.57. The molecule has 30 heavy (non-hydrogen) atoms. The van der Waals surface area contributed by atoms with Crippen molar-refractivity contribution < 1.29 is 13.9 Å². The van der Waals surface area contributed by atoms with Crippen molar-refractivity contribution >= 4 is 28.8 Å². The van der Waals surface area contributed by atoms with Crippen LogP contribution in [0.5, 0.6) is 0 Å². The van der Waals surface area contributed by atoms with Gasteiger partial charge in [0.15, 0.2) is 17.0 Å². The largest absolute Gasteiger partial charge is 0.451 e. The van der Waals surface area contributed by atoms with Crippen LogP contribution in [0, 0.1) is 0 Å². The van der Waals surface area contributed by atoms with Crippen molar-refractivity contribution in [2.45, 2.75) is 6.54 Å². The van der Waals surface area contributed by atoms with E-state index in [4.69, 9.17) is 9.15 Å². The maximum absolute atomic E-state index is 12.6. The van der Waals surface area contributed by atoms with E-state index in [0.717, 1.165) is 0 Å². The Hall–Kier alpha value is -3.53. The Morgan fingerprint density at radius 2 is 1.93 bits per heavy atom. The van der Waals surface area contributed by atoms with Crippen LogP contribution in [0.15, 0.2) is 39.5 Å². The van der Waals surface area contributed by atoms with Crippen LogP contribution in [-0.2, 0) is 11.3 Å². The number of fused-ring (bicyclic) bond motifs is 1. The number of morpholine rings is 1. The molecule has 10 nitrogen and oxygen atoms in total. The maximum atomic E-state index is 12.6. The molecule has 156 valence electrons. The van der Waals surface area contributed by atoms with Crippen LogP contribution in [0.25, 0.3) is 11.0 Å². The van der Waals surface area contributed by atoms with Crippen LogP contribution in [0.4, 0.5) is 11.9 Å². The second-order valence-electron chi connectivity index (χ2n) is 7.00. The molecule has 0 unspecified atom stereocenters. The normalized spacial score (nSPS) is 14.0. The van der Waals surface area contributed by atoms with E-state index in [1.165, 1.54) is 6.07 Å². The topological polar surface area (TPSA) is 114 Å². The van der Waals surface area contributed by atoms with E-state index in [2.05, 4.69) is 20.3 Å². The first-order valence-corrected chi connectivity index (χ1v) is 9.57. The lowest BCUT2D eigenvalue weighted by Gasteiger charge is -2.27.